The number of nitrogens with one attached hydrogen (secondary N) is 1. The molecule has 18 heavy (non-hydrogen) atoms. The van der Waals surface area contributed by atoms with Gasteiger partial charge < -0.3 is 10.5 Å². The highest BCUT2D eigenvalue weighted by molar-refractivity contribution is 9.11. The number of ether oxygens (including phenoxy) is 1. The summed E-state index contributed by atoms with van der Waals surface area (Å²) in [5.41, 5.74) is 6.64. The molecule has 0 bridgehead atoms. The Bertz CT molecular complexity index is 585. The van der Waals surface area contributed by atoms with Crippen LogP contribution in [0.2, 0.25) is 0 Å². The van der Waals surface area contributed by atoms with Gasteiger partial charge in [-0.1, -0.05) is 11.3 Å². The number of anilines is 2. The molecule has 0 aliphatic carbocycles. The summed E-state index contributed by atoms with van der Waals surface area (Å²) in [7, 11) is 1.51. The fraction of sp³-hybridized carbons (Fsp3) is 0.0909. The molecule has 5 nitrogen and oxygen atoms in total. The maximum Gasteiger partial charge on any atom is 0.257 e. The zero-order valence-corrected chi connectivity index (χ0v) is 11.8. The molecule has 1 heterocycles. The second-order valence-electron chi connectivity index (χ2n) is 3.38. The van der Waals surface area contributed by atoms with Crippen LogP contribution in [0.3, 0.4) is 0 Å². The van der Waals surface area contributed by atoms with Crippen LogP contribution in [0.1, 0.15) is 10.4 Å². The van der Waals surface area contributed by atoms with E-state index < -0.39 is 0 Å². The fourth-order valence-electron chi connectivity index (χ4n) is 1.33. The number of hydrogen-bond acceptors (Lipinski definition) is 5. The van der Waals surface area contributed by atoms with Crippen molar-refractivity contribution in [2.24, 2.45) is 0 Å². The summed E-state index contributed by atoms with van der Waals surface area (Å²) in [6.45, 7) is 0. The summed E-state index contributed by atoms with van der Waals surface area (Å²) >= 11 is 4.62. The molecule has 1 aromatic carbocycles. The van der Waals surface area contributed by atoms with Crippen molar-refractivity contribution in [2.45, 2.75) is 0 Å². The largest absolute Gasteiger partial charge is 0.495 e. The van der Waals surface area contributed by atoms with E-state index in [2.05, 4.69) is 26.2 Å². The van der Waals surface area contributed by atoms with Crippen LogP contribution in [-0.4, -0.2) is 18.0 Å². The van der Waals surface area contributed by atoms with Crippen LogP contribution in [0.5, 0.6) is 5.75 Å². The molecule has 0 saturated heterocycles. The summed E-state index contributed by atoms with van der Waals surface area (Å²) < 4.78 is 5.92. The molecule has 3 N–H and O–H groups in total. The van der Waals surface area contributed by atoms with Crippen LogP contribution in [-0.2, 0) is 0 Å². The lowest BCUT2D eigenvalue weighted by Crippen LogP contribution is -2.12. The maximum atomic E-state index is 11.9. The van der Waals surface area contributed by atoms with Gasteiger partial charge in [-0.2, -0.15) is 0 Å². The Kier molecular flexibility index (Phi) is 3.83. The Hall–Kier alpha value is -1.60. The van der Waals surface area contributed by atoms with Crippen molar-refractivity contribution in [3.8, 4) is 5.75 Å². The maximum absolute atomic E-state index is 11.9. The van der Waals surface area contributed by atoms with Gasteiger partial charge in [0.05, 0.1) is 22.8 Å². The highest BCUT2D eigenvalue weighted by Crippen LogP contribution is 2.25. The molecule has 1 aromatic heterocycles. The Morgan fingerprint density at radius 1 is 1.56 bits per heavy atom. The first kappa shape index (κ1) is 12.8. The number of hydrogen-bond donors (Lipinski definition) is 2. The van der Waals surface area contributed by atoms with E-state index in [1.165, 1.54) is 18.4 Å². The first-order valence-corrected chi connectivity index (χ1v) is 6.57. The van der Waals surface area contributed by atoms with E-state index in [-0.39, 0.29) is 5.91 Å². The molecule has 7 heteroatoms. The highest BCUT2D eigenvalue weighted by Gasteiger charge is 2.10. The summed E-state index contributed by atoms with van der Waals surface area (Å²) in [6.07, 6.45) is 1.63. The van der Waals surface area contributed by atoms with Crippen LogP contribution in [0.4, 0.5) is 10.8 Å². The minimum atomic E-state index is -0.254. The van der Waals surface area contributed by atoms with Crippen molar-refractivity contribution in [2.75, 3.05) is 18.2 Å². The SMILES string of the molecule is COc1cc(C(=O)Nc2ncc(Br)s2)ccc1N. The van der Waals surface area contributed by atoms with Gasteiger partial charge in [-0.25, -0.2) is 4.98 Å². The molecule has 94 valence electrons. The lowest BCUT2D eigenvalue weighted by Gasteiger charge is -2.06. The molecule has 2 rings (SSSR count). The van der Waals surface area contributed by atoms with Gasteiger partial charge in [0, 0.05) is 5.56 Å². The predicted octanol–water partition coefficient (Wildman–Crippen LogP) is 2.75. The third kappa shape index (κ3) is 2.80. The molecule has 0 spiro atoms. The van der Waals surface area contributed by atoms with Crippen molar-refractivity contribution >= 4 is 44.0 Å². The molecule has 0 unspecified atom stereocenters. The zero-order valence-electron chi connectivity index (χ0n) is 9.44. The molecule has 0 saturated carbocycles. The average Bonchev–Trinajstić information content (AvgIpc) is 2.75. The quantitative estimate of drug-likeness (QED) is 0.850. The van der Waals surface area contributed by atoms with Crippen molar-refractivity contribution in [1.29, 1.82) is 0 Å². The zero-order chi connectivity index (χ0) is 13.1. The molecule has 0 radical (unpaired) electrons. The van der Waals surface area contributed by atoms with Crippen molar-refractivity contribution < 1.29 is 9.53 Å². The van der Waals surface area contributed by atoms with Crippen molar-refractivity contribution in [3.05, 3.63) is 33.7 Å². The Balaban J connectivity index is 2.18. The number of thiazole rings is 1. The number of nitrogen functional groups attached to an aromatic ring is 1. The summed E-state index contributed by atoms with van der Waals surface area (Å²) in [5, 5.41) is 3.22. The predicted molar refractivity (Wildman–Crippen MR) is 75.2 cm³/mol. The van der Waals surface area contributed by atoms with E-state index in [9.17, 15) is 4.79 Å². The molecule has 0 atom stereocenters. The second kappa shape index (κ2) is 5.36. The van der Waals surface area contributed by atoms with Gasteiger partial charge in [0.2, 0.25) is 0 Å². The smallest absolute Gasteiger partial charge is 0.257 e. The number of aromatic nitrogens is 1. The van der Waals surface area contributed by atoms with E-state index in [0.717, 1.165) is 3.79 Å². The Labute approximate surface area is 116 Å². The molecular weight excluding hydrogens is 318 g/mol. The summed E-state index contributed by atoms with van der Waals surface area (Å²) in [6, 6.07) is 4.86. The van der Waals surface area contributed by atoms with E-state index >= 15 is 0 Å². The van der Waals surface area contributed by atoms with E-state index in [0.29, 0.717) is 22.1 Å². The number of carbonyl (C=O) groups excluding carboxylic acids is 1. The molecular formula is C11H10BrN3O2S. The van der Waals surface area contributed by atoms with Gasteiger partial charge in [-0.15, -0.1) is 0 Å². The van der Waals surface area contributed by atoms with E-state index in [1.54, 1.807) is 24.4 Å². The fourth-order valence-corrected chi connectivity index (χ4v) is 2.44. The van der Waals surface area contributed by atoms with Crippen LogP contribution in [0, 0.1) is 0 Å². The lowest BCUT2D eigenvalue weighted by atomic mass is 10.2. The number of nitrogens with zero attached hydrogens (tertiary/aromatic N) is 1. The van der Waals surface area contributed by atoms with Gasteiger partial charge in [0.1, 0.15) is 5.75 Å². The summed E-state index contributed by atoms with van der Waals surface area (Å²) in [4.78, 5) is 16.0. The Morgan fingerprint density at radius 3 is 2.94 bits per heavy atom. The molecule has 0 aliphatic rings. The average molecular weight is 328 g/mol. The lowest BCUT2D eigenvalue weighted by molar-refractivity contribution is 0.102. The van der Waals surface area contributed by atoms with Crippen molar-refractivity contribution in [3.63, 3.8) is 0 Å². The number of carbonyl (C=O) groups is 1. The third-order valence-corrected chi connectivity index (χ3v) is 3.59. The first-order chi connectivity index (χ1) is 8.60. The van der Waals surface area contributed by atoms with Gasteiger partial charge in [0.25, 0.3) is 5.91 Å². The Morgan fingerprint density at radius 2 is 2.33 bits per heavy atom. The van der Waals surface area contributed by atoms with Crippen LogP contribution < -0.4 is 15.8 Å². The van der Waals surface area contributed by atoms with Gasteiger partial charge in [-0.05, 0) is 34.1 Å². The number of halogens is 1. The summed E-state index contributed by atoms with van der Waals surface area (Å²) in [5.74, 6) is 0.220. The molecule has 1 amide bonds. The molecule has 2 aromatic rings. The monoisotopic (exact) mass is 327 g/mol. The van der Waals surface area contributed by atoms with Crippen LogP contribution >= 0.6 is 27.3 Å². The van der Waals surface area contributed by atoms with Gasteiger partial charge >= 0.3 is 0 Å². The number of rotatable bonds is 3. The van der Waals surface area contributed by atoms with Crippen molar-refractivity contribution in [1.82, 2.24) is 4.98 Å². The first-order valence-electron chi connectivity index (χ1n) is 4.96. The number of nitrogens with two attached hydrogens (primary N) is 1. The standard InChI is InChI=1S/C11H10BrN3O2S/c1-17-8-4-6(2-3-7(8)13)10(16)15-11-14-5-9(12)18-11/h2-5H,13H2,1H3,(H,14,15,16). The number of methoxy groups -OCH3 is 1. The minimum Gasteiger partial charge on any atom is -0.495 e. The van der Waals surface area contributed by atoms with Crippen LogP contribution in [0.25, 0.3) is 0 Å². The highest BCUT2D eigenvalue weighted by atomic mass is 79.9. The number of benzene rings is 1. The third-order valence-electron chi connectivity index (χ3n) is 2.19. The van der Waals surface area contributed by atoms with E-state index in [1.807, 2.05) is 0 Å². The molecule has 0 aliphatic heterocycles. The van der Waals surface area contributed by atoms with Gasteiger partial charge in [-0.3, -0.25) is 10.1 Å². The minimum absolute atomic E-state index is 0.254. The topological polar surface area (TPSA) is 77.2 Å². The van der Waals surface area contributed by atoms with Crippen LogP contribution in [0.15, 0.2) is 28.2 Å². The number of amides is 1. The normalized spacial score (nSPS) is 10.1. The van der Waals surface area contributed by atoms with Gasteiger partial charge in [0.15, 0.2) is 5.13 Å². The van der Waals surface area contributed by atoms with E-state index in [4.69, 9.17) is 10.5 Å². The molecule has 0 fully saturated rings. The second-order valence-corrected chi connectivity index (χ2v) is 5.79.